The lowest BCUT2D eigenvalue weighted by atomic mass is 10.2. The predicted octanol–water partition coefficient (Wildman–Crippen LogP) is 4.83. The lowest BCUT2D eigenvalue weighted by Crippen LogP contribution is -2.28. The first kappa shape index (κ1) is 19.2. The minimum atomic E-state index is -0.118. The summed E-state index contributed by atoms with van der Waals surface area (Å²) in [5.74, 6) is 1.86. The minimum absolute atomic E-state index is 0.118. The molecule has 2 heterocycles. The molecule has 2 aromatic carbocycles. The standard InChI is InChI=1S/C22H20ClN3O3/c1-28-17-8-4-15(5-9-17)20-24-14-19(22(27)26-12-2-3-13-26)21(25-20)29-18-10-6-16(23)7-11-18/h4-11,14H,2-3,12-13H2,1H3. The number of rotatable bonds is 5. The van der Waals surface area contributed by atoms with Crippen molar-refractivity contribution in [2.75, 3.05) is 20.2 Å². The Morgan fingerprint density at radius 1 is 1.00 bits per heavy atom. The second kappa shape index (κ2) is 8.49. The van der Waals surface area contributed by atoms with Crippen molar-refractivity contribution in [1.82, 2.24) is 14.9 Å². The largest absolute Gasteiger partial charge is 0.497 e. The van der Waals surface area contributed by atoms with Crippen molar-refractivity contribution >= 4 is 17.5 Å². The average molecular weight is 410 g/mol. The van der Waals surface area contributed by atoms with Crippen LogP contribution in [-0.4, -0.2) is 41.0 Å². The van der Waals surface area contributed by atoms with Crippen LogP contribution < -0.4 is 9.47 Å². The number of carbonyl (C=O) groups is 1. The Balaban J connectivity index is 1.71. The monoisotopic (exact) mass is 409 g/mol. The van der Waals surface area contributed by atoms with Gasteiger partial charge in [0.2, 0.25) is 5.88 Å². The van der Waals surface area contributed by atoms with Gasteiger partial charge in [-0.15, -0.1) is 0 Å². The summed E-state index contributed by atoms with van der Waals surface area (Å²) in [6.45, 7) is 1.47. The highest BCUT2D eigenvalue weighted by atomic mass is 35.5. The van der Waals surface area contributed by atoms with E-state index in [1.165, 1.54) is 0 Å². The second-order valence-corrected chi connectivity index (χ2v) is 7.13. The van der Waals surface area contributed by atoms with Crippen LogP contribution in [0.4, 0.5) is 0 Å². The van der Waals surface area contributed by atoms with Gasteiger partial charge in [0, 0.05) is 29.9 Å². The lowest BCUT2D eigenvalue weighted by Gasteiger charge is -2.17. The van der Waals surface area contributed by atoms with E-state index in [9.17, 15) is 4.79 Å². The predicted molar refractivity (Wildman–Crippen MR) is 111 cm³/mol. The Morgan fingerprint density at radius 2 is 1.66 bits per heavy atom. The molecule has 1 saturated heterocycles. The van der Waals surface area contributed by atoms with Gasteiger partial charge in [0.25, 0.3) is 5.91 Å². The molecule has 0 aliphatic carbocycles. The quantitative estimate of drug-likeness (QED) is 0.603. The van der Waals surface area contributed by atoms with Crippen LogP contribution in [0.1, 0.15) is 23.2 Å². The molecule has 0 radical (unpaired) electrons. The third-order valence-electron chi connectivity index (χ3n) is 4.75. The molecule has 0 unspecified atom stereocenters. The third kappa shape index (κ3) is 4.32. The van der Waals surface area contributed by atoms with E-state index in [-0.39, 0.29) is 11.8 Å². The van der Waals surface area contributed by atoms with Gasteiger partial charge in [0.05, 0.1) is 7.11 Å². The van der Waals surface area contributed by atoms with Crippen molar-refractivity contribution in [1.29, 1.82) is 0 Å². The molecular formula is C22H20ClN3O3. The summed E-state index contributed by atoms with van der Waals surface area (Å²) in [5.41, 5.74) is 1.14. The Bertz CT molecular complexity index is 1000. The van der Waals surface area contributed by atoms with Crippen molar-refractivity contribution in [3.05, 3.63) is 65.3 Å². The van der Waals surface area contributed by atoms with E-state index in [4.69, 9.17) is 21.1 Å². The fraction of sp³-hybridized carbons (Fsp3) is 0.227. The summed E-state index contributed by atoms with van der Waals surface area (Å²) in [4.78, 5) is 23.7. The molecule has 0 spiro atoms. The zero-order chi connectivity index (χ0) is 20.2. The number of likely N-dealkylation sites (tertiary alicyclic amines) is 1. The van der Waals surface area contributed by atoms with Crippen LogP contribution in [0.5, 0.6) is 17.4 Å². The molecule has 0 saturated carbocycles. The van der Waals surface area contributed by atoms with Crippen LogP contribution in [0.3, 0.4) is 0 Å². The first-order valence-corrected chi connectivity index (χ1v) is 9.76. The maximum absolute atomic E-state index is 13.0. The van der Waals surface area contributed by atoms with E-state index < -0.39 is 0 Å². The van der Waals surface area contributed by atoms with Crippen molar-refractivity contribution in [3.8, 4) is 28.8 Å². The molecule has 6 nitrogen and oxygen atoms in total. The molecule has 0 bridgehead atoms. The summed E-state index contributed by atoms with van der Waals surface area (Å²) < 4.78 is 11.2. The molecule has 1 aromatic heterocycles. The van der Waals surface area contributed by atoms with E-state index in [0.29, 0.717) is 22.2 Å². The van der Waals surface area contributed by atoms with Crippen molar-refractivity contribution < 1.29 is 14.3 Å². The number of aromatic nitrogens is 2. The number of halogens is 1. The molecule has 3 aromatic rings. The van der Waals surface area contributed by atoms with Crippen LogP contribution in [0, 0.1) is 0 Å². The molecule has 1 fully saturated rings. The number of ether oxygens (including phenoxy) is 2. The van der Waals surface area contributed by atoms with E-state index in [1.807, 2.05) is 24.3 Å². The summed E-state index contributed by atoms with van der Waals surface area (Å²) in [6.07, 6.45) is 3.55. The number of methoxy groups -OCH3 is 1. The van der Waals surface area contributed by atoms with Crippen LogP contribution in [0.2, 0.25) is 5.02 Å². The van der Waals surface area contributed by atoms with Gasteiger partial charge in [-0.2, -0.15) is 4.98 Å². The molecule has 1 amide bonds. The molecular weight excluding hydrogens is 390 g/mol. The smallest absolute Gasteiger partial charge is 0.260 e. The van der Waals surface area contributed by atoms with E-state index in [2.05, 4.69) is 9.97 Å². The molecule has 29 heavy (non-hydrogen) atoms. The van der Waals surface area contributed by atoms with Crippen LogP contribution in [0.25, 0.3) is 11.4 Å². The first-order valence-electron chi connectivity index (χ1n) is 9.38. The van der Waals surface area contributed by atoms with Crippen molar-refractivity contribution in [2.24, 2.45) is 0 Å². The maximum atomic E-state index is 13.0. The molecule has 0 atom stereocenters. The van der Waals surface area contributed by atoms with Gasteiger partial charge in [0.1, 0.15) is 17.1 Å². The average Bonchev–Trinajstić information content (AvgIpc) is 3.30. The van der Waals surface area contributed by atoms with Crippen molar-refractivity contribution in [3.63, 3.8) is 0 Å². The first-order chi connectivity index (χ1) is 14.1. The Hall–Kier alpha value is -3.12. The van der Waals surface area contributed by atoms with Gasteiger partial charge in [-0.1, -0.05) is 11.6 Å². The number of benzene rings is 2. The fourth-order valence-electron chi connectivity index (χ4n) is 3.17. The number of amides is 1. The SMILES string of the molecule is COc1ccc(-c2ncc(C(=O)N3CCCC3)c(Oc3ccc(Cl)cc3)n2)cc1. The Morgan fingerprint density at radius 3 is 2.31 bits per heavy atom. The summed E-state index contributed by atoms with van der Waals surface area (Å²) in [5, 5.41) is 0.604. The highest BCUT2D eigenvalue weighted by Gasteiger charge is 2.25. The number of hydrogen-bond acceptors (Lipinski definition) is 5. The van der Waals surface area contributed by atoms with Gasteiger partial charge in [-0.05, 0) is 61.4 Å². The fourth-order valence-corrected chi connectivity index (χ4v) is 3.30. The van der Waals surface area contributed by atoms with E-state index in [1.54, 1.807) is 42.5 Å². The number of carbonyl (C=O) groups excluding carboxylic acids is 1. The number of hydrogen-bond donors (Lipinski definition) is 0. The molecule has 1 aliphatic heterocycles. The lowest BCUT2D eigenvalue weighted by molar-refractivity contribution is 0.0789. The summed E-state index contributed by atoms with van der Waals surface area (Å²) >= 11 is 5.96. The normalized spacial score (nSPS) is 13.4. The van der Waals surface area contributed by atoms with Crippen LogP contribution >= 0.6 is 11.6 Å². The van der Waals surface area contributed by atoms with Crippen LogP contribution in [-0.2, 0) is 0 Å². The van der Waals surface area contributed by atoms with Gasteiger partial charge in [-0.25, -0.2) is 4.98 Å². The van der Waals surface area contributed by atoms with E-state index >= 15 is 0 Å². The van der Waals surface area contributed by atoms with E-state index in [0.717, 1.165) is 37.2 Å². The summed E-state index contributed by atoms with van der Waals surface area (Å²) in [6, 6.07) is 14.3. The van der Waals surface area contributed by atoms with Gasteiger partial charge in [-0.3, -0.25) is 4.79 Å². The highest BCUT2D eigenvalue weighted by molar-refractivity contribution is 6.30. The zero-order valence-electron chi connectivity index (χ0n) is 16.0. The number of nitrogens with zero attached hydrogens (tertiary/aromatic N) is 3. The molecule has 1 aliphatic rings. The highest BCUT2D eigenvalue weighted by Crippen LogP contribution is 2.29. The van der Waals surface area contributed by atoms with Crippen LogP contribution in [0.15, 0.2) is 54.7 Å². The van der Waals surface area contributed by atoms with Crippen molar-refractivity contribution in [2.45, 2.75) is 12.8 Å². The topological polar surface area (TPSA) is 64.5 Å². The van der Waals surface area contributed by atoms with Gasteiger partial charge < -0.3 is 14.4 Å². The molecule has 148 valence electrons. The maximum Gasteiger partial charge on any atom is 0.260 e. The van der Waals surface area contributed by atoms with Gasteiger partial charge in [0.15, 0.2) is 5.82 Å². The minimum Gasteiger partial charge on any atom is -0.497 e. The second-order valence-electron chi connectivity index (χ2n) is 6.70. The molecule has 4 rings (SSSR count). The Labute approximate surface area is 174 Å². The molecule has 7 heteroatoms. The third-order valence-corrected chi connectivity index (χ3v) is 5.01. The Kier molecular flexibility index (Phi) is 5.62. The molecule has 0 N–H and O–H groups in total. The van der Waals surface area contributed by atoms with Gasteiger partial charge >= 0.3 is 0 Å². The zero-order valence-corrected chi connectivity index (χ0v) is 16.7. The summed E-state index contributed by atoms with van der Waals surface area (Å²) in [7, 11) is 1.61.